The van der Waals surface area contributed by atoms with Gasteiger partial charge >= 0.3 is 6.30 Å². The summed E-state index contributed by atoms with van der Waals surface area (Å²) < 4.78 is 36.9. The fraction of sp³-hybridized carbons (Fsp3) is 0.444. The van der Waals surface area contributed by atoms with Gasteiger partial charge in [0.25, 0.3) is 0 Å². The number of hydrogen-bond acceptors (Lipinski definition) is 4. The van der Waals surface area contributed by atoms with Gasteiger partial charge in [-0.1, -0.05) is 12.6 Å². The fourth-order valence-electron chi connectivity index (χ4n) is 3.54. The van der Waals surface area contributed by atoms with Crippen LogP contribution in [-0.4, -0.2) is 29.4 Å². The first-order chi connectivity index (χ1) is 11.7. The number of likely N-dealkylation sites (tertiary alicyclic amines) is 1. The molecule has 7 heteroatoms. The van der Waals surface area contributed by atoms with Crippen LogP contribution in [0.4, 0.5) is 13.2 Å². The molecule has 0 bridgehead atoms. The molecule has 2 heterocycles. The van der Waals surface area contributed by atoms with Crippen LogP contribution in [0.3, 0.4) is 0 Å². The molecule has 0 spiro atoms. The molecule has 2 aliphatic rings. The van der Waals surface area contributed by atoms with Gasteiger partial charge in [0.15, 0.2) is 0 Å². The van der Waals surface area contributed by atoms with Gasteiger partial charge in [0.2, 0.25) is 0 Å². The highest BCUT2D eigenvalue weighted by Gasteiger charge is 2.49. The Kier molecular flexibility index (Phi) is 4.34. The van der Waals surface area contributed by atoms with Crippen LogP contribution >= 0.6 is 0 Å². The number of pyridine rings is 1. The average molecular weight is 350 g/mol. The Bertz CT molecular complexity index is 734. The van der Waals surface area contributed by atoms with E-state index in [1.807, 2.05) is 20.0 Å². The highest BCUT2D eigenvalue weighted by molar-refractivity contribution is 6.07. The van der Waals surface area contributed by atoms with Gasteiger partial charge in [0, 0.05) is 42.3 Å². The van der Waals surface area contributed by atoms with Crippen LogP contribution in [0.15, 0.2) is 30.6 Å². The van der Waals surface area contributed by atoms with Crippen molar-refractivity contribution in [3.8, 4) is 0 Å². The number of rotatable bonds is 5. The molecule has 1 aromatic heterocycles. The Morgan fingerprint density at radius 3 is 2.60 bits per heavy atom. The van der Waals surface area contributed by atoms with E-state index < -0.39 is 6.30 Å². The minimum Gasteiger partial charge on any atom is -0.370 e. The summed E-state index contributed by atoms with van der Waals surface area (Å²) in [6.07, 6.45) is -0.455. The molecule has 1 saturated heterocycles. The van der Waals surface area contributed by atoms with Crippen molar-refractivity contribution in [3.05, 3.63) is 47.6 Å². The Balaban J connectivity index is 1.85. The van der Waals surface area contributed by atoms with Crippen LogP contribution in [0.5, 0.6) is 0 Å². The Labute approximate surface area is 144 Å². The van der Waals surface area contributed by atoms with Crippen molar-refractivity contribution in [2.24, 2.45) is 11.8 Å². The molecule has 1 aromatic rings. The van der Waals surface area contributed by atoms with Gasteiger partial charge in [0.05, 0.1) is 11.7 Å². The summed E-state index contributed by atoms with van der Waals surface area (Å²) in [6.45, 7) is 6.01. The van der Waals surface area contributed by atoms with Crippen molar-refractivity contribution < 1.29 is 13.2 Å². The fourth-order valence-corrected chi connectivity index (χ4v) is 3.54. The average Bonchev–Trinajstić information content (AvgIpc) is 3.36. The standard InChI is InChI=1S/C18H21F3N4/c1-10-14(17-16(12-4-5-12)11(2)25(17)3)6-7-15(24-10)13(8-22)9-23-18(19,20)21/h6-9,12,16-17,22-23H,2,4-5H2,1,3H3/b13-9+,22-8?. The summed E-state index contributed by atoms with van der Waals surface area (Å²) >= 11 is 0. The predicted octanol–water partition coefficient (Wildman–Crippen LogP) is 4.02. The first kappa shape index (κ1) is 17.5. The molecule has 0 aromatic carbocycles. The number of nitrogens with zero attached hydrogens (tertiary/aromatic N) is 2. The highest BCUT2D eigenvalue weighted by Crippen LogP contribution is 2.56. The monoisotopic (exact) mass is 350 g/mol. The van der Waals surface area contributed by atoms with Gasteiger partial charge < -0.3 is 15.6 Å². The summed E-state index contributed by atoms with van der Waals surface area (Å²) in [5.41, 5.74) is 3.41. The van der Waals surface area contributed by atoms with E-state index in [1.165, 1.54) is 18.2 Å². The molecule has 0 amide bonds. The summed E-state index contributed by atoms with van der Waals surface area (Å²) in [5, 5.41) is 8.68. The quantitative estimate of drug-likeness (QED) is 0.623. The zero-order chi connectivity index (χ0) is 18.4. The number of aryl methyl sites for hydroxylation is 1. The van der Waals surface area contributed by atoms with Gasteiger partial charge in [-0.15, -0.1) is 0 Å². The van der Waals surface area contributed by atoms with E-state index in [4.69, 9.17) is 5.41 Å². The first-order valence-electron chi connectivity index (χ1n) is 8.17. The van der Waals surface area contributed by atoms with Crippen molar-refractivity contribution >= 4 is 11.8 Å². The maximum absolute atomic E-state index is 12.3. The first-order valence-corrected chi connectivity index (χ1v) is 8.17. The van der Waals surface area contributed by atoms with Crippen molar-refractivity contribution in [3.63, 3.8) is 0 Å². The van der Waals surface area contributed by atoms with Crippen molar-refractivity contribution in [2.75, 3.05) is 7.05 Å². The molecule has 1 saturated carbocycles. The van der Waals surface area contributed by atoms with Crippen molar-refractivity contribution in [2.45, 2.75) is 32.1 Å². The lowest BCUT2D eigenvalue weighted by Gasteiger charge is -2.50. The number of alkyl halides is 3. The minimum absolute atomic E-state index is 0.0806. The maximum atomic E-state index is 12.3. The van der Waals surface area contributed by atoms with E-state index >= 15 is 0 Å². The van der Waals surface area contributed by atoms with Gasteiger partial charge in [0.1, 0.15) is 0 Å². The second-order valence-electron chi connectivity index (χ2n) is 6.67. The third kappa shape index (κ3) is 3.41. The van der Waals surface area contributed by atoms with Gasteiger partial charge in [-0.3, -0.25) is 4.98 Å². The van der Waals surface area contributed by atoms with Crippen molar-refractivity contribution in [1.82, 2.24) is 15.2 Å². The molecule has 3 rings (SSSR count). The van der Waals surface area contributed by atoms with Gasteiger partial charge in [-0.25, -0.2) is 0 Å². The largest absolute Gasteiger partial charge is 0.481 e. The third-order valence-electron chi connectivity index (χ3n) is 5.01. The van der Waals surface area contributed by atoms with E-state index in [9.17, 15) is 13.2 Å². The molecule has 2 N–H and O–H groups in total. The SMILES string of the molecule is C=C1C(C2CC2)C(c2ccc(/C(C=N)=C/NC(F)(F)F)nc2C)N1C. The molecule has 1 aliphatic heterocycles. The molecule has 25 heavy (non-hydrogen) atoms. The van der Waals surface area contributed by atoms with Crippen LogP contribution < -0.4 is 5.32 Å². The van der Waals surface area contributed by atoms with Gasteiger partial charge in [-0.05, 0) is 37.3 Å². The van der Waals surface area contributed by atoms with Crippen LogP contribution in [0.2, 0.25) is 0 Å². The molecule has 2 atom stereocenters. The maximum Gasteiger partial charge on any atom is 0.481 e. The van der Waals surface area contributed by atoms with Crippen LogP contribution in [0.1, 0.15) is 35.8 Å². The molecule has 134 valence electrons. The minimum atomic E-state index is -4.53. The molecule has 1 aliphatic carbocycles. The molecule has 2 fully saturated rings. The van der Waals surface area contributed by atoms with E-state index in [-0.39, 0.29) is 11.6 Å². The third-order valence-corrected chi connectivity index (χ3v) is 5.01. The van der Waals surface area contributed by atoms with Crippen LogP contribution in [-0.2, 0) is 0 Å². The van der Waals surface area contributed by atoms with Crippen molar-refractivity contribution in [1.29, 1.82) is 5.41 Å². The van der Waals surface area contributed by atoms with Crippen LogP contribution in [0.25, 0.3) is 5.57 Å². The second kappa shape index (κ2) is 6.20. The molecular formula is C18H21F3N4. The Morgan fingerprint density at radius 1 is 1.40 bits per heavy atom. The summed E-state index contributed by atoms with van der Waals surface area (Å²) in [7, 11) is 2.01. The zero-order valence-electron chi connectivity index (χ0n) is 14.2. The molecule has 4 nitrogen and oxygen atoms in total. The molecule has 0 radical (unpaired) electrons. The molecular weight excluding hydrogens is 329 g/mol. The summed E-state index contributed by atoms with van der Waals surface area (Å²) in [4.78, 5) is 6.58. The Hall–Kier alpha value is -2.31. The summed E-state index contributed by atoms with van der Waals surface area (Å²) in [6, 6.07) is 3.81. The lowest BCUT2D eigenvalue weighted by atomic mass is 9.77. The number of aromatic nitrogens is 1. The lowest BCUT2D eigenvalue weighted by molar-refractivity contribution is -0.146. The van der Waals surface area contributed by atoms with E-state index in [0.29, 0.717) is 17.5 Å². The number of allylic oxidation sites excluding steroid dienone is 1. The number of hydrogen-bond donors (Lipinski definition) is 2. The van der Waals surface area contributed by atoms with E-state index in [2.05, 4.69) is 16.5 Å². The van der Waals surface area contributed by atoms with Crippen LogP contribution in [0, 0.1) is 24.2 Å². The topological polar surface area (TPSA) is 52.0 Å². The lowest BCUT2D eigenvalue weighted by Crippen LogP contribution is -2.45. The van der Waals surface area contributed by atoms with E-state index in [0.717, 1.165) is 29.4 Å². The second-order valence-corrected chi connectivity index (χ2v) is 6.67. The number of nitrogens with one attached hydrogen (secondary N) is 2. The molecule has 2 unspecified atom stereocenters. The smallest absolute Gasteiger partial charge is 0.370 e. The predicted molar refractivity (Wildman–Crippen MR) is 90.8 cm³/mol. The van der Waals surface area contributed by atoms with Gasteiger partial charge in [-0.2, -0.15) is 13.2 Å². The Morgan fingerprint density at radius 2 is 2.08 bits per heavy atom. The normalized spacial score (nSPS) is 24.1. The summed E-state index contributed by atoms with van der Waals surface area (Å²) in [5.74, 6) is 1.11. The van der Waals surface area contributed by atoms with E-state index in [1.54, 1.807) is 6.07 Å². The highest BCUT2D eigenvalue weighted by atomic mass is 19.4. The zero-order valence-corrected chi connectivity index (χ0v) is 14.2. The number of halogens is 3.